The standard InChI is InChI=1S/C19H15ClO/c1-14(2)13-19(21)18-6-4-3-5-16(18)10-7-15-8-11-17(20)12-9-15/h3-6,8-9,11-12H,1,13H2,2H3. The fourth-order valence-corrected chi connectivity index (χ4v) is 2.00. The molecule has 0 aromatic heterocycles. The molecule has 2 heteroatoms. The summed E-state index contributed by atoms with van der Waals surface area (Å²) in [5, 5.41) is 0.678. The lowest BCUT2D eigenvalue weighted by Crippen LogP contribution is -2.02. The maximum atomic E-state index is 12.2. The number of benzene rings is 2. The van der Waals surface area contributed by atoms with Crippen LogP contribution in [0.15, 0.2) is 60.7 Å². The molecule has 0 heterocycles. The Morgan fingerprint density at radius 1 is 1.10 bits per heavy atom. The Hall–Kier alpha value is -2.30. The van der Waals surface area contributed by atoms with Crippen LogP contribution in [-0.4, -0.2) is 5.78 Å². The molecular weight excluding hydrogens is 280 g/mol. The number of allylic oxidation sites excluding steroid dienone is 1. The summed E-state index contributed by atoms with van der Waals surface area (Å²) < 4.78 is 0. The lowest BCUT2D eigenvalue weighted by Gasteiger charge is -2.03. The Morgan fingerprint density at radius 2 is 1.76 bits per heavy atom. The molecule has 0 atom stereocenters. The maximum Gasteiger partial charge on any atom is 0.168 e. The van der Waals surface area contributed by atoms with Crippen molar-refractivity contribution in [1.29, 1.82) is 0 Å². The fourth-order valence-electron chi connectivity index (χ4n) is 1.88. The van der Waals surface area contributed by atoms with Gasteiger partial charge in [0.2, 0.25) is 0 Å². The predicted octanol–water partition coefficient (Wildman–Crippen LogP) is 4.89. The van der Waals surface area contributed by atoms with Gasteiger partial charge in [-0.25, -0.2) is 0 Å². The Balaban J connectivity index is 2.31. The van der Waals surface area contributed by atoms with Crippen LogP contribution in [0, 0.1) is 11.8 Å². The van der Waals surface area contributed by atoms with Crippen molar-refractivity contribution < 1.29 is 4.79 Å². The minimum atomic E-state index is 0.0449. The number of Topliss-reactive ketones (excluding diaryl/α,β-unsaturated/α-hetero) is 1. The van der Waals surface area contributed by atoms with Crippen LogP contribution >= 0.6 is 11.6 Å². The van der Waals surface area contributed by atoms with Crippen molar-refractivity contribution in [3.05, 3.63) is 82.4 Å². The first-order chi connectivity index (χ1) is 10.1. The van der Waals surface area contributed by atoms with Crippen molar-refractivity contribution in [3.63, 3.8) is 0 Å². The summed E-state index contributed by atoms with van der Waals surface area (Å²) in [6.45, 7) is 5.63. The molecule has 0 aliphatic rings. The van der Waals surface area contributed by atoms with Crippen LogP contribution < -0.4 is 0 Å². The number of hydrogen-bond acceptors (Lipinski definition) is 1. The van der Waals surface area contributed by atoms with Crippen LogP contribution in [0.25, 0.3) is 0 Å². The van der Waals surface area contributed by atoms with Crippen molar-refractivity contribution in [1.82, 2.24) is 0 Å². The Bertz CT molecular complexity index is 730. The van der Waals surface area contributed by atoms with Crippen LogP contribution in [-0.2, 0) is 0 Å². The predicted molar refractivity (Wildman–Crippen MR) is 87.6 cm³/mol. The number of ketones is 1. The molecule has 2 aromatic rings. The van der Waals surface area contributed by atoms with Gasteiger partial charge in [0, 0.05) is 28.1 Å². The van der Waals surface area contributed by atoms with Crippen molar-refractivity contribution in [3.8, 4) is 11.8 Å². The lowest BCUT2D eigenvalue weighted by atomic mass is 9.99. The van der Waals surface area contributed by atoms with E-state index in [0.717, 1.165) is 16.7 Å². The van der Waals surface area contributed by atoms with Crippen LogP contribution in [0.2, 0.25) is 5.02 Å². The summed E-state index contributed by atoms with van der Waals surface area (Å²) in [5.74, 6) is 6.16. The van der Waals surface area contributed by atoms with E-state index in [0.29, 0.717) is 17.0 Å². The summed E-state index contributed by atoms with van der Waals surface area (Å²) in [4.78, 5) is 12.2. The molecule has 0 saturated heterocycles. The third kappa shape index (κ3) is 4.34. The van der Waals surface area contributed by atoms with Gasteiger partial charge in [-0.2, -0.15) is 0 Å². The normalized spacial score (nSPS) is 9.62. The molecule has 2 rings (SSSR count). The molecule has 0 fully saturated rings. The molecule has 2 aromatic carbocycles. The minimum absolute atomic E-state index is 0.0449. The van der Waals surface area contributed by atoms with Crippen molar-refractivity contribution in [2.45, 2.75) is 13.3 Å². The summed E-state index contributed by atoms with van der Waals surface area (Å²) in [6.07, 6.45) is 0.347. The molecule has 0 aliphatic carbocycles. The largest absolute Gasteiger partial charge is 0.294 e. The van der Waals surface area contributed by atoms with Crippen LogP contribution in [0.5, 0.6) is 0 Å². The van der Waals surface area contributed by atoms with Crippen molar-refractivity contribution in [2.75, 3.05) is 0 Å². The van der Waals surface area contributed by atoms with Gasteiger partial charge in [0.25, 0.3) is 0 Å². The zero-order chi connectivity index (χ0) is 15.2. The number of rotatable bonds is 3. The van der Waals surface area contributed by atoms with Gasteiger partial charge in [-0.15, -0.1) is 0 Å². The zero-order valence-electron chi connectivity index (χ0n) is 11.8. The molecule has 0 radical (unpaired) electrons. The molecule has 0 spiro atoms. The van der Waals surface area contributed by atoms with E-state index in [-0.39, 0.29) is 5.78 Å². The van der Waals surface area contributed by atoms with Gasteiger partial charge < -0.3 is 0 Å². The first-order valence-electron chi connectivity index (χ1n) is 6.60. The van der Waals surface area contributed by atoms with E-state index in [1.807, 2.05) is 37.3 Å². The average molecular weight is 295 g/mol. The Labute approximate surface area is 130 Å². The van der Waals surface area contributed by atoms with Gasteiger partial charge in [-0.1, -0.05) is 53.8 Å². The molecule has 0 amide bonds. The van der Waals surface area contributed by atoms with Gasteiger partial charge in [-0.05, 0) is 37.3 Å². The Kier molecular flexibility index (Phi) is 4.98. The number of carbonyl (C=O) groups is 1. The number of hydrogen-bond donors (Lipinski definition) is 0. The molecule has 0 aliphatic heterocycles. The number of carbonyl (C=O) groups excluding carboxylic acids is 1. The lowest BCUT2D eigenvalue weighted by molar-refractivity contribution is 0.0993. The highest BCUT2D eigenvalue weighted by molar-refractivity contribution is 6.30. The van der Waals surface area contributed by atoms with Crippen LogP contribution in [0.4, 0.5) is 0 Å². The smallest absolute Gasteiger partial charge is 0.168 e. The summed E-state index contributed by atoms with van der Waals surface area (Å²) in [6, 6.07) is 14.7. The van der Waals surface area contributed by atoms with E-state index in [1.165, 1.54) is 0 Å². The van der Waals surface area contributed by atoms with Gasteiger partial charge in [0.1, 0.15) is 0 Å². The topological polar surface area (TPSA) is 17.1 Å². The monoisotopic (exact) mass is 294 g/mol. The second kappa shape index (κ2) is 6.92. The van der Waals surface area contributed by atoms with Crippen LogP contribution in [0.3, 0.4) is 0 Å². The fraction of sp³-hybridized carbons (Fsp3) is 0.105. The van der Waals surface area contributed by atoms with E-state index in [4.69, 9.17) is 11.6 Å². The molecule has 0 N–H and O–H groups in total. The molecule has 0 unspecified atom stereocenters. The second-order valence-electron chi connectivity index (χ2n) is 4.86. The van der Waals surface area contributed by atoms with E-state index >= 15 is 0 Å². The summed E-state index contributed by atoms with van der Waals surface area (Å²) >= 11 is 5.84. The molecular formula is C19H15ClO. The van der Waals surface area contributed by atoms with Crippen molar-refractivity contribution in [2.24, 2.45) is 0 Å². The summed E-state index contributed by atoms with van der Waals surface area (Å²) in [5.41, 5.74) is 3.09. The molecule has 104 valence electrons. The highest BCUT2D eigenvalue weighted by atomic mass is 35.5. The van der Waals surface area contributed by atoms with Gasteiger partial charge in [0.05, 0.1) is 0 Å². The SMILES string of the molecule is C=C(C)CC(=O)c1ccccc1C#Cc1ccc(Cl)cc1. The molecule has 1 nitrogen and oxygen atoms in total. The quantitative estimate of drug-likeness (QED) is 0.447. The highest BCUT2D eigenvalue weighted by Gasteiger charge is 2.09. The third-order valence-electron chi connectivity index (χ3n) is 2.88. The average Bonchev–Trinajstić information content (AvgIpc) is 2.46. The van der Waals surface area contributed by atoms with E-state index in [9.17, 15) is 4.79 Å². The molecule has 21 heavy (non-hydrogen) atoms. The first kappa shape index (κ1) is 15.1. The zero-order valence-corrected chi connectivity index (χ0v) is 12.6. The third-order valence-corrected chi connectivity index (χ3v) is 3.13. The van der Waals surface area contributed by atoms with Gasteiger partial charge in [0.15, 0.2) is 5.78 Å². The van der Waals surface area contributed by atoms with Gasteiger partial charge in [-0.3, -0.25) is 4.79 Å². The van der Waals surface area contributed by atoms with E-state index in [2.05, 4.69) is 18.4 Å². The molecule has 0 bridgehead atoms. The van der Waals surface area contributed by atoms with Crippen molar-refractivity contribution >= 4 is 17.4 Å². The van der Waals surface area contributed by atoms with Gasteiger partial charge >= 0.3 is 0 Å². The highest BCUT2D eigenvalue weighted by Crippen LogP contribution is 2.13. The second-order valence-corrected chi connectivity index (χ2v) is 5.30. The molecule has 0 saturated carbocycles. The van der Waals surface area contributed by atoms with Crippen LogP contribution in [0.1, 0.15) is 34.8 Å². The Morgan fingerprint density at radius 3 is 2.43 bits per heavy atom. The minimum Gasteiger partial charge on any atom is -0.294 e. The summed E-state index contributed by atoms with van der Waals surface area (Å²) in [7, 11) is 0. The van der Waals surface area contributed by atoms with E-state index < -0.39 is 0 Å². The first-order valence-corrected chi connectivity index (χ1v) is 6.98. The number of halogens is 1. The van der Waals surface area contributed by atoms with E-state index in [1.54, 1.807) is 18.2 Å². The maximum absolute atomic E-state index is 12.2.